The smallest absolute Gasteiger partial charge is 0.143 e. The fourth-order valence-electron chi connectivity index (χ4n) is 2.61. The van der Waals surface area contributed by atoms with Crippen molar-refractivity contribution in [1.29, 1.82) is 0 Å². The lowest BCUT2D eigenvalue weighted by molar-refractivity contribution is 0.0286. The summed E-state index contributed by atoms with van der Waals surface area (Å²) in [6.07, 6.45) is 2.20. The lowest BCUT2D eigenvalue weighted by Gasteiger charge is -2.25. The third-order valence-electron chi connectivity index (χ3n) is 3.53. The average molecular weight is 246 g/mol. The van der Waals surface area contributed by atoms with Crippen molar-refractivity contribution >= 4 is 10.9 Å². The molecule has 1 aliphatic heterocycles. The van der Waals surface area contributed by atoms with Gasteiger partial charge in [0.25, 0.3) is 0 Å². The van der Waals surface area contributed by atoms with Gasteiger partial charge in [0.15, 0.2) is 0 Å². The first-order chi connectivity index (χ1) is 8.81. The summed E-state index contributed by atoms with van der Waals surface area (Å²) in [5, 5.41) is 4.58. The van der Waals surface area contributed by atoms with Crippen molar-refractivity contribution in [3.8, 4) is 5.75 Å². The predicted octanol–water partition coefficient (Wildman–Crippen LogP) is 1.85. The van der Waals surface area contributed by atoms with Crippen molar-refractivity contribution in [2.24, 2.45) is 7.05 Å². The van der Waals surface area contributed by atoms with E-state index < -0.39 is 0 Å². The highest BCUT2D eigenvalue weighted by atomic mass is 16.5. The Morgan fingerprint density at radius 3 is 3.00 bits per heavy atom. The highest BCUT2D eigenvalue weighted by molar-refractivity contribution is 5.89. The van der Waals surface area contributed by atoms with Gasteiger partial charge in [-0.1, -0.05) is 6.07 Å². The maximum atomic E-state index is 5.84. The molecule has 1 atom stereocenters. The van der Waals surface area contributed by atoms with E-state index in [4.69, 9.17) is 9.47 Å². The molecule has 4 nitrogen and oxygen atoms in total. The van der Waals surface area contributed by atoms with E-state index in [0.29, 0.717) is 0 Å². The van der Waals surface area contributed by atoms with E-state index in [2.05, 4.69) is 28.2 Å². The molecule has 1 aromatic carbocycles. The predicted molar refractivity (Wildman–Crippen MR) is 71.0 cm³/mol. The van der Waals surface area contributed by atoms with E-state index in [0.717, 1.165) is 31.0 Å². The molecule has 1 aromatic heterocycles. The molecule has 1 fully saturated rings. The van der Waals surface area contributed by atoms with Crippen LogP contribution in [0, 0.1) is 0 Å². The van der Waals surface area contributed by atoms with Crippen LogP contribution in [0.25, 0.3) is 10.9 Å². The quantitative estimate of drug-likeness (QED) is 0.878. The highest BCUT2D eigenvalue weighted by Gasteiger charge is 2.20. The molecule has 1 aliphatic rings. The summed E-state index contributed by atoms with van der Waals surface area (Å²) in [6, 6.07) is 6.26. The number of ether oxygens (including phenoxy) is 2. The van der Waals surface area contributed by atoms with Crippen LogP contribution in [-0.4, -0.2) is 31.4 Å². The van der Waals surface area contributed by atoms with E-state index in [-0.39, 0.29) is 6.10 Å². The molecule has 1 saturated heterocycles. The second-order valence-electron chi connectivity index (χ2n) is 4.61. The lowest BCUT2D eigenvalue weighted by Crippen LogP contribution is -2.33. The number of methoxy groups -OCH3 is 1. The van der Waals surface area contributed by atoms with Crippen molar-refractivity contribution < 1.29 is 9.47 Å². The van der Waals surface area contributed by atoms with Crippen molar-refractivity contribution in [3.05, 3.63) is 30.0 Å². The summed E-state index contributed by atoms with van der Waals surface area (Å²) in [5.41, 5.74) is 2.36. The van der Waals surface area contributed by atoms with E-state index in [9.17, 15) is 0 Å². The Morgan fingerprint density at radius 2 is 2.28 bits per heavy atom. The highest BCUT2D eigenvalue weighted by Crippen LogP contribution is 2.33. The van der Waals surface area contributed by atoms with Gasteiger partial charge in [0.05, 0.1) is 25.3 Å². The lowest BCUT2D eigenvalue weighted by atomic mass is 10.0. The first-order valence-corrected chi connectivity index (χ1v) is 6.25. The molecule has 18 heavy (non-hydrogen) atoms. The molecule has 4 heteroatoms. The number of nitrogens with one attached hydrogen (secondary N) is 1. The number of morpholine rings is 1. The molecule has 1 N–H and O–H groups in total. The number of hydrogen-bond donors (Lipinski definition) is 1. The van der Waals surface area contributed by atoms with Gasteiger partial charge < -0.3 is 19.4 Å². The number of hydrogen-bond acceptors (Lipinski definition) is 3. The van der Waals surface area contributed by atoms with Crippen LogP contribution in [0.2, 0.25) is 0 Å². The Kier molecular flexibility index (Phi) is 2.97. The zero-order valence-electron chi connectivity index (χ0n) is 10.8. The summed E-state index contributed by atoms with van der Waals surface area (Å²) in [6.45, 7) is 2.58. The largest absolute Gasteiger partial charge is 0.495 e. The van der Waals surface area contributed by atoms with E-state index in [1.807, 2.05) is 13.1 Å². The molecular formula is C14H18N2O2. The van der Waals surface area contributed by atoms with Gasteiger partial charge in [-0.15, -0.1) is 0 Å². The van der Waals surface area contributed by atoms with Crippen LogP contribution in [-0.2, 0) is 11.8 Å². The standard InChI is InChI=1S/C14H18N2O2/c1-16-7-5-11-10(13-9-15-6-8-18-13)3-4-12(17-2)14(11)16/h3-5,7,13,15H,6,8-9H2,1-2H3. The van der Waals surface area contributed by atoms with Gasteiger partial charge >= 0.3 is 0 Å². The van der Waals surface area contributed by atoms with Crippen molar-refractivity contribution in [1.82, 2.24) is 9.88 Å². The van der Waals surface area contributed by atoms with Gasteiger partial charge in [-0.3, -0.25) is 0 Å². The molecule has 1 unspecified atom stereocenters. The Morgan fingerprint density at radius 1 is 1.39 bits per heavy atom. The van der Waals surface area contributed by atoms with Crippen LogP contribution in [0.3, 0.4) is 0 Å². The number of rotatable bonds is 2. The molecule has 0 aliphatic carbocycles. The number of nitrogens with zero attached hydrogens (tertiary/aromatic N) is 1. The van der Waals surface area contributed by atoms with E-state index in [1.54, 1.807) is 7.11 Å². The minimum Gasteiger partial charge on any atom is -0.495 e. The van der Waals surface area contributed by atoms with Gasteiger partial charge in [-0.25, -0.2) is 0 Å². The van der Waals surface area contributed by atoms with Crippen molar-refractivity contribution in [2.45, 2.75) is 6.10 Å². The molecule has 2 aromatic rings. The van der Waals surface area contributed by atoms with Crippen LogP contribution in [0.1, 0.15) is 11.7 Å². The van der Waals surface area contributed by atoms with Gasteiger partial charge in [-0.05, 0) is 17.7 Å². The molecule has 0 amide bonds. The molecule has 0 spiro atoms. The summed E-state index contributed by atoms with van der Waals surface area (Å²) < 4.78 is 13.4. The summed E-state index contributed by atoms with van der Waals surface area (Å²) in [5.74, 6) is 0.907. The fourth-order valence-corrected chi connectivity index (χ4v) is 2.61. The number of benzene rings is 1. The SMILES string of the molecule is COc1ccc(C2CNCCO2)c2ccn(C)c12. The summed E-state index contributed by atoms with van der Waals surface area (Å²) in [4.78, 5) is 0. The second kappa shape index (κ2) is 4.63. The Hall–Kier alpha value is -1.52. The minimum absolute atomic E-state index is 0.134. The Labute approximate surface area is 106 Å². The maximum absolute atomic E-state index is 5.84. The topological polar surface area (TPSA) is 35.4 Å². The monoisotopic (exact) mass is 246 g/mol. The number of fused-ring (bicyclic) bond motifs is 1. The van der Waals surface area contributed by atoms with Crippen LogP contribution in [0.4, 0.5) is 0 Å². The van der Waals surface area contributed by atoms with Crippen LogP contribution < -0.4 is 10.1 Å². The molecule has 0 saturated carbocycles. The van der Waals surface area contributed by atoms with Crippen molar-refractivity contribution in [3.63, 3.8) is 0 Å². The van der Waals surface area contributed by atoms with Gasteiger partial charge in [0.2, 0.25) is 0 Å². The fraction of sp³-hybridized carbons (Fsp3) is 0.429. The third-order valence-corrected chi connectivity index (χ3v) is 3.53. The number of aryl methyl sites for hydroxylation is 1. The first kappa shape index (κ1) is 11.6. The second-order valence-corrected chi connectivity index (χ2v) is 4.61. The summed E-state index contributed by atoms with van der Waals surface area (Å²) >= 11 is 0. The average Bonchev–Trinajstić information content (AvgIpc) is 2.81. The molecule has 0 radical (unpaired) electrons. The Balaban J connectivity index is 2.12. The van der Waals surface area contributed by atoms with Crippen LogP contribution >= 0.6 is 0 Å². The molecule has 2 heterocycles. The normalized spacial score (nSPS) is 20.2. The zero-order valence-corrected chi connectivity index (χ0v) is 10.8. The van der Waals surface area contributed by atoms with Gasteiger partial charge in [-0.2, -0.15) is 0 Å². The Bertz CT molecular complexity index is 556. The van der Waals surface area contributed by atoms with Gasteiger partial charge in [0.1, 0.15) is 5.75 Å². The van der Waals surface area contributed by atoms with E-state index in [1.165, 1.54) is 10.9 Å². The van der Waals surface area contributed by atoms with Gasteiger partial charge in [0, 0.05) is 31.7 Å². The number of aromatic nitrogens is 1. The third kappa shape index (κ3) is 1.78. The molecule has 3 rings (SSSR count). The minimum atomic E-state index is 0.134. The van der Waals surface area contributed by atoms with Crippen LogP contribution in [0.15, 0.2) is 24.4 Å². The zero-order chi connectivity index (χ0) is 12.5. The van der Waals surface area contributed by atoms with Crippen LogP contribution in [0.5, 0.6) is 5.75 Å². The summed E-state index contributed by atoms with van der Waals surface area (Å²) in [7, 11) is 3.74. The van der Waals surface area contributed by atoms with E-state index >= 15 is 0 Å². The molecular weight excluding hydrogens is 228 g/mol. The molecule has 96 valence electrons. The first-order valence-electron chi connectivity index (χ1n) is 6.25. The maximum Gasteiger partial charge on any atom is 0.143 e. The van der Waals surface area contributed by atoms with Crippen molar-refractivity contribution in [2.75, 3.05) is 26.8 Å². The molecule has 0 bridgehead atoms.